The van der Waals surface area contributed by atoms with Crippen LogP contribution in [0.5, 0.6) is 0 Å². The second-order valence-corrected chi connectivity index (χ2v) is 6.47. The van der Waals surface area contributed by atoms with Crippen LogP contribution in [0.2, 0.25) is 0 Å². The normalized spacial score (nSPS) is 12.1. The van der Waals surface area contributed by atoms with Gasteiger partial charge in [-0.3, -0.25) is 9.59 Å². The van der Waals surface area contributed by atoms with Crippen molar-refractivity contribution in [1.29, 1.82) is 0 Å². The summed E-state index contributed by atoms with van der Waals surface area (Å²) in [6.07, 6.45) is 3.90. The Hall–Kier alpha value is -2.28. The molecule has 0 saturated carbocycles. The number of aliphatic carboxylic acids is 1. The van der Waals surface area contributed by atoms with Gasteiger partial charge in [0.1, 0.15) is 12.6 Å². The number of benzene rings is 1. The number of nitrogens with zero attached hydrogens (tertiary/aromatic N) is 1. The number of carbonyl (C=O) groups excluding carboxylic acids is 2. The molecule has 1 heterocycles. The Bertz CT molecular complexity index is 769. The minimum absolute atomic E-state index is 0.0309. The first kappa shape index (κ1) is 18.1. The van der Waals surface area contributed by atoms with E-state index in [2.05, 4.69) is 5.32 Å². The number of ketones is 1. The number of rotatable bonds is 8. The van der Waals surface area contributed by atoms with Crippen molar-refractivity contribution in [3.8, 4) is 0 Å². The van der Waals surface area contributed by atoms with Crippen LogP contribution in [0.3, 0.4) is 0 Å². The third-order valence-electron chi connectivity index (χ3n) is 3.73. The molecule has 1 atom stereocenters. The number of para-hydroxylation sites is 1. The van der Waals surface area contributed by atoms with Crippen LogP contribution < -0.4 is 5.32 Å². The van der Waals surface area contributed by atoms with Gasteiger partial charge in [0, 0.05) is 22.7 Å². The maximum atomic E-state index is 12.2. The predicted octanol–water partition coefficient (Wildman–Crippen LogP) is 2.17. The molecule has 1 aromatic carbocycles. The molecule has 0 aliphatic carbocycles. The highest BCUT2D eigenvalue weighted by Crippen LogP contribution is 2.21. The fraction of sp³-hybridized carbons (Fsp3) is 0.353. The van der Waals surface area contributed by atoms with Crippen molar-refractivity contribution in [2.45, 2.75) is 25.9 Å². The molecular weight excluding hydrogens is 328 g/mol. The highest BCUT2D eigenvalue weighted by atomic mass is 32.2. The highest BCUT2D eigenvalue weighted by Gasteiger charge is 2.20. The minimum Gasteiger partial charge on any atom is -0.480 e. The summed E-state index contributed by atoms with van der Waals surface area (Å²) in [5, 5.41) is 12.5. The van der Waals surface area contributed by atoms with Gasteiger partial charge in [-0.2, -0.15) is 11.8 Å². The van der Waals surface area contributed by atoms with Gasteiger partial charge >= 0.3 is 5.97 Å². The van der Waals surface area contributed by atoms with E-state index in [0.717, 1.165) is 10.9 Å². The van der Waals surface area contributed by atoms with Crippen LogP contribution in [0.25, 0.3) is 10.9 Å². The number of carboxylic acid groups (broad SMARTS) is 1. The molecule has 2 rings (SSSR count). The van der Waals surface area contributed by atoms with Crippen LogP contribution in [-0.4, -0.2) is 45.4 Å². The molecule has 0 radical (unpaired) electrons. The number of fused-ring (bicyclic) bond motifs is 1. The summed E-state index contributed by atoms with van der Waals surface area (Å²) >= 11 is 1.53. The van der Waals surface area contributed by atoms with E-state index in [1.807, 2.05) is 30.5 Å². The molecule has 2 N–H and O–H groups in total. The van der Waals surface area contributed by atoms with Gasteiger partial charge in [-0.1, -0.05) is 18.2 Å². The molecule has 128 valence electrons. The van der Waals surface area contributed by atoms with Crippen LogP contribution in [0.15, 0.2) is 30.5 Å². The van der Waals surface area contributed by atoms with Gasteiger partial charge in [0.15, 0.2) is 5.78 Å². The first-order chi connectivity index (χ1) is 11.4. The number of thioether (sulfide) groups is 1. The molecule has 0 spiro atoms. The largest absolute Gasteiger partial charge is 0.480 e. The summed E-state index contributed by atoms with van der Waals surface area (Å²) in [6, 6.07) is 6.43. The Balaban J connectivity index is 2.18. The van der Waals surface area contributed by atoms with Crippen LogP contribution in [0, 0.1) is 0 Å². The van der Waals surface area contributed by atoms with E-state index in [0.29, 0.717) is 17.7 Å². The molecular formula is C17H20N2O4S. The lowest BCUT2D eigenvalue weighted by Crippen LogP contribution is -2.42. The lowest BCUT2D eigenvalue weighted by atomic mass is 10.1. The zero-order valence-corrected chi connectivity index (χ0v) is 14.4. The summed E-state index contributed by atoms with van der Waals surface area (Å²) in [6.45, 7) is 1.45. The van der Waals surface area contributed by atoms with E-state index in [1.54, 1.807) is 10.8 Å². The van der Waals surface area contributed by atoms with Crippen LogP contribution in [0.4, 0.5) is 0 Å². The van der Waals surface area contributed by atoms with Crippen molar-refractivity contribution in [3.05, 3.63) is 36.0 Å². The molecule has 1 aromatic heterocycles. The Morgan fingerprint density at radius 3 is 2.62 bits per heavy atom. The third kappa shape index (κ3) is 4.17. The van der Waals surface area contributed by atoms with Crippen LogP contribution in [-0.2, 0) is 16.1 Å². The first-order valence-electron chi connectivity index (χ1n) is 7.54. The number of aromatic nitrogens is 1. The quantitative estimate of drug-likeness (QED) is 0.714. The number of carbonyl (C=O) groups is 3. The first-order valence-corrected chi connectivity index (χ1v) is 8.93. The molecule has 6 nitrogen and oxygen atoms in total. The van der Waals surface area contributed by atoms with Crippen molar-refractivity contribution < 1.29 is 19.5 Å². The SMILES string of the molecule is CSCCC(NC(=O)Cn1cc(C(C)=O)c2ccccc21)C(=O)O. The van der Waals surface area contributed by atoms with Gasteiger partial charge in [-0.15, -0.1) is 0 Å². The van der Waals surface area contributed by atoms with Gasteiger partial charge in [0.2, 0.25) is 5.91 Å². The zero-order chi connectivity index (χ0) is 17.7. The monoisotopic (exact) mass is 348 g/mol. The topological polar surface area (TPSA) is 88.4 Å². The second-order valence-electron chi connectivity index (χ2n) is 5.48. The van der Waals surface area contributed by atoms with E-state index < -0.39 is 12.0 Å². The minimum atomic E-state index is -1.04. The number of carboxylic acids is 1. The molecule has 0 fully saturated rings. The van der Waals surface area contributed by atoms with Crippen molar-refractivity contribution in [1.82, 2.24) is 9.88 Å². The van der Waals surface area contributed by atoms with E-state index in [9.17, 15) is 19.5 Å². The summed E-state index contributed by atoms with van der Waals surface area (Å²) in [5.74, 6) is -0.856. The molecule has 24 heavy (non-hydrogen) atoms. The van der Waals surface area contributed by atoms with E-state index in [4.69, 9.17) is 0 Å². The summed E-state index contributed by atoms with van der Waals surface area (Å²) < 4.78 is 1.68. The number of amides is 1. The van der Waals surface area contributed by atoms with Gasteiger partial charge < -0.3 is 15.0 Å². The van der Waals surface area contributed by atoms with E-state index in [-0.39, 0.29) is 18.2 Å². The molecule has 0 saturated heterocycles. The lowest BCUT2D eigenvalue weighted by molar-refractivity contribution is -0.141. The van der Waals surface area contributed by atoms with Gasteiger partial charge in [0.25, 0.3) is 0 Å². The lowest BCUT2D eigenvalue weighted by Gasteiger charge is -2.14. The average Bonchev–Trinajstić information content (AvgIpc) is 2.90. The van der Waals surface area contributed by atoms with Gasteiger partial charge in [0.05, 0.1) is 0 Å². The number of nitrogens with one attached hydrogen (secondary N) is 1. The standard InChI is InChI=1S/C17H20N2O4S/c1-11(20)13-9-19(15-6-4-3-5-12(13)15)10-16(21)18-14(17(22)23)7-8-24-2/h3-6,9,14H,7-8,10H2,1-2H3,(H,18,21)(H,22,23). The van der Waals surface area contributed by atoms with Crippen LogP contribution >= 0.6 is 11.8 Å². The Morgan fingerprint density at radius 2 is 2.00 bits per heavy atom. The average molecular weight is 348 g/mol. The molecule has 2 aromatic rings. The zero-order valence-electron chi connectivity index (χ0n) is 13.6. The Labute approximate surface area is 144 Å². The Kier molecular flexibility index (Phi) is 6.03. The maximum absolute atomic E-state index is 12.2. The van der Waals surface area contributed by atoms with Gasteiger partial charge in [-0.05, 0) is 31.4 Å². The fourth-order valence-corrected chi connectivity index (χ4v) is 3.02. The second kappa shape index (κ2) is 8.01. The molecule has 0 aliphatic heterocycles. The molecule has 0 aliphatic rings. The maximum Gasteiger partial charge on any atom is 0.326 e. The third-order valence-corrected chi connectivity index (χ3v) is 4.37. The van der Waals surface area contributed by atoms with E-state index in [1.165, 1.54) is 18.7 Å². The van der Waals surface area contributed by atoms with E-state index >= 15 is 0 Å². The smallest absolute Gasteiger partial charge is 0.326 e. The fourth-order valence-electron chi connectivity index (χ4n) is 2.55. The van der Waals surface area contributed by atoms with Crippen LogP contribution in [0.1, 0.15) is 23.7 Å². The molecule has 0 bridgehead atoms. The molecule has 1 amide bonds. The summed E-state index contributed by atoms with van der Waals surface area (Å²) in [4.78, 5) is 35.2. The molecule has 1 unspecified atom stereocenters. The molecule has 7 heteroatoms. The number of Topliss-reactive ketones (excluding diaryl/α,β-unsaturated/α-hetero) is 1. The summed E-state index contributed by atoms with van der Waals surface area (Å²) in [7, 11) is 0. The predicted molar refractivity (Wildman–Crippen MR) is 94.5 cm³/mol. The van der Waals surface area contributed by atoms with Crippen molar-refractivity contribution in [2.75, 3.05) is 12.0 Å². The summed E-state index contributed by atoms with van der Waals surface area (Å²) in [5.41, 5.74) is 1.32. The Morgan fingerprint density at radius 1 is 1.29 bits per heavy atom. The highest BCUT2D eigenvalue weighted by molar-refractivity contribution is 7.98. The van der Waals surface area contributed by atoms with Crippen molar-refractivity contribution >= 4 is 40.3 Å². The van der Waals surface area contributed by atoms with Crippen molar-refractivity contribution in [2.24, 2.45) is 0 Å². The number of hydrogen-bond donors (Lipinski definition) is 2. The van der Waals surface area contributed by atoms with Crippen molar-refractivity contribution in [3.63, 3.8) is 0 Å². The van der Waals surface area contributed by atoms with Gasteiger partial charge in [-0.25, -0.2) is 4.79 Å². The number of hydrogen-bond acceptors (Lipinski definition) is 4.